The van der Waals surface area contributed by atoms with E-state index < -0.39 is 0 Å². The number of rotatable bonds is 3. The fraction of sp³-hybridized carbons (Fsp3) is 0.636. The lowest BCUT2D eigenvalue weighted by molar-refractivity contribution is -0.130. The second-order valence-electron chi connectivity index (χ2n) is 3.99. The second kappa shape index (κ2) is 4.47. The third kappa shape index (κ3) is 2.37. The lowest BCUT2D eigenvalue weighted by Gasteiger charge is -2.14. The van der Waals surface area contributed by atoms with E-state index in [1.165, 1.54) is 5.56 Å². The lowest BCUT2D eigenvalue weighted by atomic mass is 10.3. The van der Waals surface area contributed by atoms with E-state index in [2.05, 4.69) is 12.0 Å². The predicted octanol–water partition coefficient (Wildman–Crippen LogP) is 1.07. The van der Waals surface area contributed by atoms with Crippen LogP contribution in [0.3, 0.4) is 0 Å². The zero-order valence-corrected chi connectivity index (χ0v) is 9.15. The van der Waals surface area contributed by atoms with Crippen LogP contribution in [0, 0.1) is 0 Å². The van der Waals surface area contributed by atoms with Crippen LogP contribution in [0.1, 0.15) is 25.3 Å². The van der Waals surface area contributed by atoms with Gasteiger partial charge in [-0.05, 0) is 24.8 Å². The minimum absolute atomic E-state index is 0.193. The molecule has 2 heterocycles. The van der Waals surface area contributed by atoms with Crippen LogP contribution in [-0.4, -0.2) is 33.7 Å². The van der Waals surface area contributed by atoms with Gasteiger partial charge in [-0.25, -0.2) is 0 Å². The van der Waals surface area contributed by atoms with Crippen LogP contribution in [0.2, 0.25) is 0 Å². The average Bonchev–Trinajstić information content (AvgIpc) is 2.87. The molecule has 0 N–H and O–H groups in total. The Kier molecular flexibility index (Phi) is 3.04. The van der Waals surface area contributed by atoms with Crippen molar-refractivity contribution in [3.8, 4) is 0 Å². The van der Waals surface area contributed by atoms with Crippen molar-refractivity contribution in [3.63, 3.8) is 0 Å². The molecule has 0 unspecified atom stereocenters. The molecule has 1 saturated heterocycles. The third-order valence-electron chi connectivity index (χ3n) is 2.85. The minimum Gasteiger partial charge on any atom is -0.341 e. The molecule has 1 aliphatic rings. The molecule has 1 amide bonds. The largest absolute Gasteiger partial charge is 0.341 e. The first-order chi connectivity index (χ1) is 7.29. The van der Waals surface area contributed by atoms with E-state index >= 15 is 0 Å². The molecule has 1 aromatic rings. The summed E-state index contributed by atoms with van der Waals surface area (Å²) in [6, 6.07) is 0. The molecule has 1 fully saturated rings. The predicted molar refractivity (Wildman–Crippen MR) is 57.4 cm³/mol. The highest BCUT2D eigenvalue weighted by atomic mass is 16.2. The third-order valence-corrected chi connectivity index (χ3v) is 2.85. The van der Waals surface area contributed by atoms with Gasteiger partial charge in [0.1, 0.15) is 6.54 Å². The number of carbonyl (C=O) groups is 1. The Labute approximate surface area is 89.9 Å². The van der Waals surface area contributed by atoms with Crippen molar-refractivity contribution in [1.29, 1.82) is 0 Å². The number of nitrogens with zero attached hydrogens (tertiary/aromatic N) is 3. The van der Waals surface area contributed by atoms with Crippen molar-refractivity contribution in [2.75, 3.05) is 13.1 Å². The lowest BCUT2D eigenvalue weighted by Crippen LogP contribution is -2.31. The summed E-state index contributed by atoms with van der Waals surface area (Å²) < 4.78 is 1.74. The standard InChI is InChI=1S/C11H17N3O/c1-2-10-7-12-14(8-10)9-11(15)13-5-3-4-6-13/h7-8H,2-6,9H2,1H3. The molecule has 1 aliphatic heterocycles. The molecule has 0 saturated carbocycles. The smallest absolute Gasteiger partial charge is 0.244 e. The van der Waals surface area contributed by atoms with E-state index in [9.17, 15) is 4.79 Å². The van der Waals surface area contributed by atoms with Gasteiger partial charge in [0.15, 0.2) is 0 Å². The number of hydrogen-bond donors (Lipinski definition) is 0. The van der Waals surface area contributed by atoms with Gasteiger partial charge in [-0.1, -0.05) is 6.92 Å². The van der Waals surface area contributed by atoms with Gasteiger partial charge in [-0.2, -0.15) is 5.10 Å². The van der Waals surface area contributed by atoms with Crippen molar-refractivity contribution < 1.29 is 4.79 Å². The molecular formula is C11H17N3O. The van der Waals surface area contributed by atoms with Gasteiger partial charge in [0.05, 0.1) is 6.20 Å². The topological polar surface area (TPSA) is 38.1 Å². The molecule has 0 aliphatic carbocycles. The van der Waals surface area contributed by atoms with Crippen molar-refractivity contribution in [2.24, 2.45) is 0 Å². The van der Waals surface area contributed by atoms with Crippen LogP contribution in [0.15, 0.2) is 12.4 Å². The molecule has 4 heteroatoms. The van der Waals surface area contributed by atoms with Gasteiger partial charge in [-0.3, -0.25) is 9.48 Å². The Morgan fingerprint density at radius 2 is 2.20 bits per heavy atom. The quantitative estimate of drug-likeness (QED) is 0.743. The monoisotopic (exact) mass is 207 g/mol. The maximum absolute atomic E-state index is 11.8. The molecule has 0 aromatic carbocycles. The zero-order chi connectivity index (χ0) is 10.7. The Hall–Kier alpha value is -1.32. The molecule has 1 aromatic heterocycles. The van der Waals surface area contributed by atoms with Crippen LogP contribution in [-0.2, 0) is 17.8 Å². The first-order valence-electron chi connectivity index (χ1n) is 5.58. The highest BCUT2D eigenvalue weighted by Gasteiger charge is 2.18. The molecule has 0 spiro atoms. The van der Waals surface area contributed by atoms with Crippen molar-refractivity contribution in [3.05, 3.63) is 18.0 Å². The van der Waals surface area contributed by atoms with E-state index in [1.807, 2.05) is 17.3 Å². The van der Waals surface area contributed by atoms with Crippen LogP contribution in [0.4, 0.5) is 0 Å². The molecule has 82 valence electrons. The second-order valence-corrected chi connectivity index (χ2v) is 3.99. The van der Waals surface area contributed by atoms with Gasteiger partial charge in [0.2, 0.25) is 5.91 Å². The fourth-order valence-corrected chi connectivity index (χ4v) is 1.88. The summed E-state index contributed by atoms with van der Waals surface area (Å²) in [4.78, 5) is 13.7. The SMILES string of the molecule is CCc1cnn(CC(=O)N2CCCC2)c1. The van der Waals surface area contributed by atoms with Gasteiger partial charge in [0.25, 0.3) is 0 Å². The Morgan fingerprint density at radius 1 is 1.47 bits per heavy atom. The van der Waals surface area contributed by atoms with E-state index in [4.69, 9.17) is 0 Å². The number of aryl methyl sites for hydroxylation is 1. The molecule has 2 rings (SSSR count). The number of amides is 1. The summed E-state index contributed by atoms with van der Waals surface area (Å²) in [6.07, 6.45) is 7.04. The van der Waals surface area contributed by atoms with Crippen molar-refractivity contribution in [2.45, 2.75) is 32.7 Å². The summed E-state index contributed by atoms with van der Waals surface area (Å²) in [5.41, 5.74) is 1.18. The molecule has 0 radical (unpaired) electrons. The summed E-state index contributed by atoms with van der Waals surface area (Å²) in [5.74, 6) is 0.193. The van der Waals surface area contributed by atoms with E-state index in [-0.39, 0.29) is 5.91 Å². The summed E-state index contributed by atoms with van der Waals surface area (Å²) >= 11 is 0. The van der Waals surface area contributed by atoms with Crippen LogP contribution in [0.5, 0.6) is 0 Å². The van der Waals surface area contributed by atoms with Crippen LogP contribution >= 0.6 is 0 Å². The van der Waals surface area contributed by atoms with E-state index in [0.29, 0.717) is 6.54 Å². The van der Waals surface area contributed by atoms with Gasteiger partial charge in [0, 0.05) is 19.3 Å². The number of aromatic nitrogens is 2. The molecule has 0 bridgehead atoms. The fourth-order valence-electron chi connectivity index (χ4n) is 1.88. The first-order valence-corrected chi connectivity index (χ1v) is 5.58. The maximum atomic E-state index is 11.8. The average molecular weight is 207 g/mol. The van der Waals surface area contributed by atoms with Crippen molar-refractivity contribution >= 4 is 5.91 Å². The first kappa shape index (κ1) is 10.2. The zero-order valence-electron chi connectivity index (χ0n) is 9.15. The van der Waals surface area contributed by atoms with Crippen LogP contribution < -0.4 is 0 Å². The van der Waals surface area contributed by atoms with Crippen molar-refractivity contribution in [1.82, 2.24) is 14.7 Å². The Bertz CT molecular complexity index is 339. The normalized spacial score (nSPS) is 15.9. The van der Waals surface area contributed by atoms with Crippen LogP contribution in [0.25, 0.3) is 0 Å². The molecule has 0 atom stereocenters. The number of likely N-dealkylation sites (tertiary alicyclic amines) is 1. The molecule has 4 nitrogen and oxygen atoms in total. The molecule has 15 heavy (non-hydrogen) atoms. The van der Waals surface area contributed by atoms with Gasteiger partial charge in [-0.15, -0.1) is 0 Å². The highest BCUT2D eigenvalue weighted by molar-refractivity contribution is 5.76. The summed E-state index contributed by atoms with van der Waals surface area (Å²) in [5, 5.41) is 4.17. The van der Waals surface area contributed by atoms with Gasteiger partial charge < -0.3 is 4.90 Å². The number of carbonyl (C=O) groups excluding carboxylic acids is 1. The summed E-state index contributed by atoms with van der Waals surface area (Å²) in [7, 11) is 0. The van der Waals surface area contributed by atoms with Gasteiger partial charge >= 0.3 is 0 Å². The summed E-state index contributed by atoms with van der Waals surface area (Å²) in [6.45, 7) is 4.31. The minimum atomic E-state index is 0.193. The maximum Gasteiger partial charge on any atom is 0.244 e. The Morgan fingerprint density at radius 3 is 2.80 bits per heavy atom. The number of hydrogen-bond acceptors (Lipinski definition) is 2. The molecular weight excluding hydrogens is 190 g/mol. The van der Waals surface area contributed by atoms with E-state index in [1.54, 1.807) is 4.68 Å². The highest BCUT2D eigenvalue weighted by Crippen LogP contribution is 2.08. The Balaban J connectivity index is 1.92. The van der Waals surface area contributed by atoms with E-state index in [0.717, 1.165) is 32.4 Å².